The number of aromatic nitrogens is 2. The molecule has 1 aliphatic heterocycles. The smallest absolute Gasteiger partial charge is 0.224 e. The van der Waals surface area contributed by atoms with Crippen LogP contribution in [0.5, 0.6) is 0 Å². The van der Waals surface area contributed by atoms with E-state index >= 15 is 0 Å². The average Bonchev–Trinajstić information content (AvgIpc) is 2.90. The Morgan fingerprint density at radius 2 is 2.24 bits per heavy atom. The number of anilines is 1. The van der Waals surface area contributed by atoms with Gasteiger partial charge in [0.25, 0.3) is 0 Å². The minimum Gasteiger partial charge on any atom is -0.326 e. The first-order chi connectivity index (χ1) is 10.1. The van der Waals surface area contributed by atoms with Crippen LogP contribution in [0, 0.1) is 6.92 Å². The number of carbonyl (C=O) groups is 1. The monoisotopic (exact) mass is 302 g/mol. The Balaban J connectivity index is 1.67. The van der Waals surface area contributed by atoms with Gasteiger partial charge in [0.2, 0.25) is 5.91 Å². The fourth-order valence-corrected chi connectivity index (χ4v) is 3.10. The highest BCUT2D eigenvalue weighted by atomic mass is 32.1. The van der Waals surface area contributed by atoms with Crippen LogP contribution < -0.4 is 10.6 Å². The maximum Gasteiger partial charge on any atom is 0.224 e. The van der Waals surface area contributed by atoms with Gasteiger partial charge in [0, 0.05) is 18.2 Å². The van der Waals surface area contributed by atoms with Gasteiger partial charge < -0.3 is 10.6 Å². The number of rotatable bonds is 4. The van der Waals surface area contributed by atoms with E-state index in [2.05, 4.69) is 39.9 Å². The van der Waals surface area contributed by atoms with Gasteiger partial charge in [-0.1, -0.05) is 12.1 Å². The third-order valence-electron chi connectivity index (χ3n) is 3.65. The second-order valence-corrected chi connectivity index (χ2v) is 6.55. The lowest BCUT2D eigenvalue weighted by Gasteiger charge is -2.20. The minimum absolute atomic E-state index is 0.105. The standard InChI is InChI=1S/C15H18N4OS/c1-9(16-8-15-19-18-10(2)21-15)11-3-5-13-12(7-11)4-6-14(20)17-13/h3,5,7,9,16H,4,6,8H2,1-2H3,(H,17,20)/t9-/m1/s1. The molecule has 110 valence electrons. The average molecular weight is 302 g/mol. The van der Waals surface area contributed by atoms with Crippen molar-refractivity contribution in [2.75, 3.05) is 5.32 Å². The van der Waals surface area contributed by atoms with Crippen LogP contribution in [-0.2, 0) is 17.8 Å². The third-order valence-corrected chi connectivity index (χ3v) is 4.49. The Hall–Kier alpha value is -1.79. The van der Waals surface area contributed by atoms with Crippen molar-refractivity contribution in [1.29, 1.82) is 0 Å². The number of aryl methyl sites for hydroxylation is 2. The molecule has 0 aliphatic carbocycles. The first-order valence-corrected chi connectivity index (χ1v) is 7.88. The molecule has 2 N–H and O–H groups in total. The number of nitrogens with zero attached hydrogens (tertiary/aromatic N) is 2. The molecule has 3 rings (SSSR count). The first kappa shape index (κ1) is 14.2. The van der Waals surface area contributed by atoms with Gasteiger partial charge in [-0.2, -0.15) is 0 Å². The molecule has 0 bridgehead atoms. The molecule has 0 fully saturated rings. The SMILES string of the molecule is Cc1nnc(CN[C@H](C)c2ccc3c(c2)CCC(=O)N3)s1. The summed E-state index contributed by atoms with van der Waals surface area (Å²) in [6.07, 6.45) is 1.39. The van der Waals surface area contributed by atoms with E-state index in [-0.39, 0.29) is 11.9 Å². The van der Waals surface area contributed by atoms with Crippen LogP contribution in [-0.4, -0.2) is 16.1 Å². The van der Waals surface area contributed by atoms with Gasteiger partial charge in [0.05, 0.1) is 6.54 Å². The number of hydrogen-bond donors (Lipinski definition) is 2. The summed E-state index contributed by atoms with van der Waals surface area (Å²) in [5.41, 5.74) is 3.39. The van der Waals surface area contributed by atoms with Crippen LogP contribution in [0.4, 0.5) is 5.69 Å². The second-order valence-electron chi connectivity index (χ2n) is 5.28. The molecule has 1 aromatic carbocycles. The molecule has 5 nitrogen and oxygen atoms in total. The van der Waals surface area contributed by atoms with E-state index in [1.807, 2.05) is 13.0 Å². The molecule has 2 heterocycles. The fourth-order valence-electron chi connectivity index (χ4n) is 2.44. The molecule has 6 heteroatoms. The first-order valence-electron chi connectivity index (χ1n) is 7.07. The van der Waals surface area contributed by atoms with Gasteiger partial charge in [0.1, 0.15) is 10.0 Å². The van der Waals surface area contributed by atoms with E-state index in [9.17, 15) is 4.79 Å². The molecule has 0 saturated heterocycles. The van der Waals surface area contributed by atoms with Crippen LogP contribution in [0.3, 0.4) is 0 Å². The van der Waals surface area contributed by atoms with E-state index in [1.54, 1.807) is 11.3 Å². The van der Waals surface area contributed by atoms with Crippen molar-refractivity contribution in [1.82, 2.24) is 15.5 Å². The largest absolute Gasteiger partial charge is 0.326 e. The van der Waals surface area contributed by atoms with Crippen molar-refractivity contribution in [3.63, 3.8) is 0 Å². The van der Waals surface area contributed by atoms with Crippen LogP contribution in [0.25, 0.3) is 0 Å². The topological polar surface area (TPSA) is 66.9 Å². The lowest BCUT2D eigenvalue weighted by molar-refractivity contribution is -0.116. The molecule has 1 atom stereocenters. The Labute approximate surface area is 127 Å². The Morgan fingerprint density at radius 3 is 3.00 bits per heavy atom. The summed E-state index contributed by atoms with van der Waals surface area (Å²) in [4.78, 5) is 11.4. The summed E-state index contributed by atoms with van der Waals surface area (Å²) >= 11 is 1.62. The fraction of sp³-hybridized carbons (Fsp3) is 0.400. The summed E-state index contributed by atoms with van der Waals surface area (Å²) in [6.45, 7) is 4.82. The summed E-state index contributed by atoms with van der Waals surface area (Å²) in [6, 6.07) is 6.47. The normalized spacial score (nSPS) is 15.4. The van der Waals surface area contributed by atoms with Crippen molar-refractivity contribution >= 4 is 22.9 Å². The molecule has 0 saturated carbocycles. The van der Waals surface area contributed by atoms with Crippen LogP contribution in [0.2, 0.25) is 0 Å². The Kier molecular flexibility index (Phi) is 3.98. The lowest BCUT2D eigenvalue weighted by atomic mass is 9.98. The Bertz CT molecular complexity index is 667. The third kappa shape index (κ3) is 3.28. The molecular formula is C15H18N4OS. The Morgan fingerprint density at radius 1 is 1.38 bits per heavy atom. The van der Waals surface area contributed by atoms with Crippen molar-refractivity contribution < 1.29 is 4.79 Å². The van der Waals surface area contributed by atoms with Gasteiger partial charge in [-0.3, -0.25) is 4.79 Å². The molecule has 1 aromatic heterocycles. The highest BCUT2D eigenvalue weighted by Crippen LogP contribution is 2.26. The molecular weight excluding hydrogens is 284 g/mol. The summed E-state index contributed by atoms with van der Waals surface area (Å²) in [5.74, 6) is 0.105. The van der Waals surface area contributed by atoms with Gasteiger partial charge >= 0.3 is 0 Å². The van der Waals surface area contributed by atoms with Crippen LogP contribution >= 0.6 is 11.3 Å². The minimum atomic E-state index is 0.105. The zero-order valence-electron chi connectivity index (χ0n) is 12.1. The van der Waals surface area contributed by atoms with Crippen molar-refractivity contribution in [2.45, 2.75) is 39.3 Å². The zero-order valence-corrected chi connectivity index (χ0v) is 13.0. The van der Waals surface area contributed by atoms with Crippen LogP contribution in [0.1, 0.15) is 40.5 Å². The number of fused-ring (bicyclic) bond motifs is 1. The number of nitrogens with one attached hydrogen (secondary N) is 2. The number of hydrogen-bond acceptors (Lipinski definition) is 5. The summed E-state index contributed by atoms with van der Waals surface area (Å²) in [5, 5.41) is 16.5. The maximum atomic E-state index is 11.4. The summed E-state index contributed by atoms with van der Waals surface area (Å²) < 4.78 is 0. The molecule has 21 heavy (non-hydrogen) atoms. The number of benzene rings is 1. The predicted molar refractivity (Wildman–Crippen MR) is 83.3 cm³/mol. The van der Waals surface area contributed by atoms with Crippen molar-refractivity contribution in [2.24, 2.45) is 0 Å². The van der Waals surface area contributed by atoms with Crippen molar-refractivity contribution in [3.8, 4) is 0 Å². The molecule has 2 aromatic rings. The van der Waals surface area contributed by atoms with E-state index in [4.69, 9.17) is 0 Å². The highest BCUT2D eigenvalue weighted by molar-refractivity contribution is 7.11. The van der Waals surface area contributed by atoms with Gasteiger partial charge in [-0.05, 0) is 37.5 Å². The molecule has 0 spiro atoms. The zero-order chi connectivity index (χ0) is 14.8. The quantitative estimate of drug-likeness (QED) is 0.911. The van der Waals surface area contributed by atoms with E-state index in [0.29, 0.717) is 6.42 Å². The van der Waals surface area contributed by atoms with Gasteiger partial charge in [-0.25, -0.2) is 0 Å². The predicted octanol–water partition coefficient (Wildman–Crippen LogP) is 2.58. The van der Waals surface area contributed by atoms with Crippen molar-refractivity contribution in [3.05, 3.63) is 39.3 Å². The number of carbonyl (C=O) groups excluding carboxylic acids is 1. The second kappa shape index (κ2) is 5.91. The van der Waals surface area contributed by atoms with E-state index < -0.39 is 0 Å². The van der Waals surface area contributed by atoms with Gasteiger partial charge in [-0.15, -0.1) is 21.5 Å². The lowest BCUT2D eigenvalue weighted by Crippen LogP contribution is -2.21. The highest BCUT2D eigenvalue weighted by Gasteiger charge is 2.16. The molecule has 0 unspecified atom stereocenters. The van der Waals surface area contributed by atoms with Gasteiger partial charge in [0.15, 0.2) is 0 Å². The molecule has 0 radical (unpaired) electrons. The van der Waals surface area contributed by atoms with Crippen LogP contribution in [0.15, 0.2) is 18.2 Å². The molecule has 1 amide bonds. The number of amides is 1. The molecule has 1 aliphatic rings. The maximum absolute atomic E-state index is 11.4. The van der Waals surface area contributed by atoms with E-state index in [0.717, 1.165) is 28.7 Å². The summed E-state index contributed by atoms with van der Waals surface area (Å²) in [7, 11) is 0. The van der Waals surface area contributed by atoms with E-state index in [1.165, 1.54) is 11.1 Å².